The fourth-order valence-electron chi connectivity index (χ4n) is 6.28. The van der Waals surface area contributed by atoms with Gasteiger partial charge in [-0.15, -0.1) is 0 Å². The average Bonchev–Trinajstić information content (AvgIpc) is 3.17. The number of aromatic nitrogens is 3. The number of hydrogen-bond donors (Lipinski definition) is 0. The summed E-state index contributed by atoms with van der Waals surface area (Å²) in [7, 11) is -4.65. The zero-order valence-electron chi connectivity index (χ0n) is 31.6. The molecule has 0 fully saturated rings. The summed E-state index contributed by atoms with van der Waals surface area (Å²) in [6.07, 6.45) is 4.38. The van der Waals surface area contributed by atoms with E-state index in [1.54, 1.807) is 26.7 Å². The Morgan fingerprint density at radius 1 is 0.315 bits per heavy atom. The van der Waals surface area contributed by atoms with Gasteiger partial charge in [0, 0.05) is 27.3 Å². The third-order valence-electron chi connectivity index (χ3n) is 9.61. The van der Waals surface area contributed by atoms with Gasteiger partial charge >= 0.3 is 0 Å². The van der Waals surface area contributed by atoms with Crippen molar-refractivity contribution >= 4 is 43.4 Å². The van der Waals surface area contributed by atoms with Crippen molar-refractivity contribution in [3.8, 4) is 67.5 Å². The Morgan fingerprint density at radius 3 is 0.704 bits per heavy atom. The molecule has 0 bridgehead atoms. The average molecular weight is 764 g/mol. The van der Waals surface area contributed by atoms with Gasteiger partial charge in [-0.3, -0.25) is 0 Å². The van der Waals surface area contributed by atoms with Gasteiger partial charge in [0.15, 0.2) is 17.5 Å². The highest BCUT2D eigenvalue weighted by Crippen LogP contribution is 2.37. The van der Waals surface area contributed by atoms with Crippen LogP contribution in [0.2, 0.25) is 0 Å². The molecule has 0 spiro atoms. The second-order valence-electron chi connectivity index (χ2n) is 15.1. The standard InChI is InChI=1S/C46H44N3O2P3/c1-52(2,3)41-26-20-35(21-27-41)32-8-14-38(15-9-32)44-47-45(39-16-10-33(11-17-39)36-22-28-42(29-23-36)53(4,5)50)49-46(48-44)40-18-12-34(13-19-40)37-24-30-43(31-25-37)54(6,7)51/h8-31H,1H2,2-7H3. The second-order valence-corrected chi connectivity index (χ2v) is 25.4. The second kappa shape index (κ2) is 14.7. The molecule has 54 heavy (non-hydrogen) atoms. The van der Waals surface area contributed by atoms with Gasteiger partial charge in [0.1, 0.15) is 14.3 Å². The summed E-state index contributed by atoms with van der Waals surface area (Å²) in [5, 5.41) is 3.04. The molecule has 8 heteroatoms. The number of hydrogen-bond acceptors (Lipinski definition) is 5. The summed E-state index contributed by atoms with van der Waals surface area (Å²) in [5.41, 5.74) is 9.12. The molecule has 1 aromatic heterocycles. The molecule has 0 saturated heterocycles. The van der Waals surface area contributed by atoms with Crippen LogP contribution in [-0.4, -0.2) is 61.2 Å². The van der Waals surface area contributed by atoms with E-state index in [4.69, 9.17) is 15.0 Å². The molecule has 7 aromatic rings. The molecule has 0 amide bonds. The molecule has 0 radical (unpaired) electrons. The smallest absolute Gasteiger partial charge is 0.164 e. The minimum atomic E-state index is -2.32. The maximum Gasteiger partial charge on any atom is 0.164 e. The molecule has 0 atom stereocenters. The van der Waals surface area contributed by atoms with Gasteiger partial charge in [-0.25, -0.2) is 15.0 Å². The predicted molar refractivity (Wildman–Crippen MR) is 236 cm³/mol. The van der Waals surface area contributed by atoms with Crippen LogP contribution >= 0.6 is 21.2 Å². The minimum Gasteiger partial charge on any atom is -0.319 e. The van der Waals surface area contributed by atoms with Crippen molar-refractivity contribution in [3.63, 3.8) is 0 Å². The number of benzene rings is 6. The highest BCUT2D eigenvalue weighted by molar-refractivity contribution is 7.79. The van der Waals surface area contributed by atoms with Crippen LogP contribution in [0.15, 0.2) is 146 Å². The predicted octanol–water partition coefficient (Wildman–Crippen LogP) is 10.7. The van der Waals surface area contributed by atoms with Crippen LogP contribution in [0.3, 0.4) is 0 Å². The van der Waals surface area contributed by atoms with Gasteiger partial charge in [-0.05, 0) is 78.7 Å². The Bertz CT molecular complexity index is 2280. The van der Waals surface area contributed by atoms with E-state index in [2.05, 4.69) is 92.4 Å². The number of nitrogens with zero attached hydrogens (tertiary/aromatic N) is 3. The van der Waals surface area contributed by atoms with E-state index in [0.717, 1.165) is 60.7 Å². The van der Waals surface area contributed by atoms with Gasteiger partial charge in [0.05, 0.1) is 0 Å². The topological polar surface area (TPSA) is 72.8 Å². The van der Waals surface area contributed by atoms with Crippen LogP contribution in [0, 0.1) is 0 Å². The van der Waals surface area contributed by atoms with Crippen LogP contribution in [0.4, 0.5) is 0 Å². The molecule has 5 nitrogen and oxygen atoms in total. The van der Waals surface area contributed by atoms with Gasteiger partial charge in [-0.2, -0.15) is 0 Å². The van der Waals surface area contributed by atoms with Gasteiger partial charge in [0.2, 0.25) is 0 Å². The molecule has 0 aliphatic rings. The van der Waals surface area contributed by atoms with Crippen molar-refractivity contribution in [2.45, 2.75) is 0 Å². The van der Waals surface area contributed by atoms with Crippen molar-refractivity contribution in [3.05, 3.63) is 146 Å². The molecular weight excluding hydrogens is 719 g/mol. The van der Waals surface area contributed by atoms with E-state index in [-0.39, 0.29) is 0 Å². The Hall–Kier alpha value is -4.91. The zero-order chi connectivity index (χ0) is 38.3. The van der Waals surface area contributed by atoms with Crippen LogP contribution in [0.5, 0.6) is 0 Å². The largest absolute Gasteiger partial charge is 0.319 e. The van der Waals surface area contributed by atoms with E-state index < -0.39 is 21.2 Å². The first-order valence-electron chi connectivity index (χ1n) is 17.8. The molecule has 270 valence electrons. The number of rotatable bonds is 9. The van der Waals surface area contributed by atoms with Gasteiger partial charge in [-0.1, -0.05) is 159 Å². The highest BCUT2D eigenvalue weighted by Gasteiger charge is 2.15. The zero-order valence-corrected chi connectivity index (χ0v) is 34.2. The van der Waals surface area contributed by atoms with E-state index in [9.17, 15) is 9.13 Å². The van der Waals surface area contributed by atoms with Gasteiger partial charge < -0.3 is 9.13 Å². The fraction of sp³-hybridized carbons (Fsp3) is 0.130. The lowest BCUT2D eigenvalue weighted by Gasteiger charge is -2.13. The SMILES string of the molecule is C=P(C)(C)c1ccc(-c2ccc(-c3nc(-c4ccc(-c5ccc(P(C)(C)=O)cc5)cc4)nc(-c4ccc(-c5ccc(P(C)(C)=O)cc5)cc4)n3)cc2)cc1. The van der Waals surface area contributed by atoms with Gasteiger partial charge in [0.25, 0.3) is 0 Å². The third-order valence-corrected chi connectivity index (χ3v) is 14.4. The molecular formula is C46H44N3O2P3. The van der Waals surface area contributed by atoms with Crippen LogP contribution in [-0.2, 0) is 9.13 Å². The quantitative estimate of drug-likeness (QED) is 0.137. The normalized spacial score (nSPS) is 12.1. The fourth-order valence-corrected chi connectivity index (χ4v) is 8.97. The van der Waals surface area contributed by atoms with Crippen LogP contribution in [0.25, 0.3) is 67.5 Å². The lowest BCUT2D eigenvalue weighted by Crippen LogP contribution is -2.02. The summed E-state index contributed by atoms with van der Waals surface area (Å²) < 4.78 is 25.1. The Balaban J connectivity index is 1.24. The first-order chi connectivity index (χ1) is 25.6. The van der Waals surface area contributed by atoms with Crippen molar-refractivity contribution in [2.75, 3.05) is 40.0 Å². The monoisotopic (exact) mass is 763 g/mol. The van der Waals surface area contributed by atoms with E-state index in [1.165, 1.54) is 5.30 Å². The minimum absolute atomic E-state index is 0.580. The van der Waals surface area contributed by atoms with Crippen LogP contribution < -0.4 is 15.9 Å². The maximum absolute atomic E-state index is 12.5. The van der Waals surface area contributed by atoms with Crippen molar-refractivity contribution < 1.29 is 9.13 Å². The van der Waals surface area contributed by atoms with Crippen LogP contribution in [0.1, 0.15) is 0 Å². The van der Waals surface area contributed by atoms with E-state index >= 15 is 0 Å². The first kappa shape index (κ1) is 37.4. The lowest BCUT2D eigenvalue weighted by atomic mass is 10.0. The molecule has 0 unspecified atom stereocenters. The Morgan fingerprint density at radius 2 is 0.500 bits per heavy atom. The third kappa shape index (κ3) is 8.41. The summed E-state index contributed by atoms with van der Waals surface area (Å²) >= 11 is 0. The van der Waals surface area contributed by atoms with E-state index in [0.29, 0.717) is 17.5 Å². The van der Waals surface area contributed by atoms with Crippen molar-refractivity contribution in [2.24, 2.45) is 0 Å². The Labute approximate surface area is 319 Å². The van der Waals surface area contributed by atoms with Crippen molar-refractivity contribution in [1.82, 2.24) is 15.0 Å². The van der Waals surface area contributed by atoms with E-state index in [1.807, 2.05) is 72.8 Å². The van der Waals surface area contributed by atoms with Crippen molar-refractivity contribution in [1.29, 1.82) is 0 Å². The molecule has 0 saturated carbocycles. The Kier molecular flexibility index (Phi) is 10.2. The summed E-state index contributed by atoms with van der Waals surface area (Å²) in [4.78, 5) is 15.0. The summed E-state index contributed by atoms with van der Waals surface area (Å²) in [5.74, 6) is 1.75. The molecule has 0 N–H and O–H groups in total. The molecule has 0 aliphatic heterocycles. The lowest BCUT2D eigenvalue weighted by molar-refractivity contribution is 0.587. The first-order valence-corrected chi connectivity index (χ1v) is 25.9. The highest BCUT2D eigenvalue weighted by atomic mass is 31.2. The summed E-state index contributed by atoms with van der Waals surface area (Å²) in [6.45, 7) is 10.3. The molecule has 6 aromatic carbocycles. The molecule has 0 aliphatic carbocycles. The molecule has 7 rings (SSSR count). The maximum atomic E-state index is 12.5. The summed E-state index contributed by atoms with van der Waals surface area (Å²) in [6, 6.07) is 49.4. The molecule has 1 heterocycles.